The summed E-state index contributed by atoms with van der Waals surface area (Å²) in [5, 5.41) is 9.33. The largest absolute Gasteiger partial charge is 0.489 e. The second-order valence-corrected chi connectivity index (χ2v) is 8.42. The summed E-state index contributed by atoms with van der Waals surface area (Å²) in [6, 6.07) is 17.1. The molecule has 4 aromatic rings. The summed E-state index contributed by atoms with van der Waals surface area (Å²) in [4.78, 5) is 17.4. The number of aryl methyl sites for hydroxylation is 1. The van der Waals surface area contributed by atoms with Crippen LogP contribution in [-0.2, 0) is 20.1 Å². The Morgan fingerprint density at radius 3 is 2.56 bits per heavy atom. The molecule has 0 aliphatic rings. The summed E-state index contributed by atoms with van der Waals surface area (Å²) in [6.45, 7) is 4.01. The number of hydrogen-bond acceptors (Lipinski definition) is 4. The zero-order chi connectivity index (χ0) is 22.9. The van der Waals surface area contributed by atoms with E-state index in [0.717, 1.165) is 22.4 Å². The number of fused-ring (bicyclic) bond motifs is 1. The van der Waals surface area contributed by atoms with Crippen LogP contribution in [0.15, 0.2) is 65.6 Å². The number of benzene rings is 2. The smallest absolute Gasteiger partial charge is 0.258 e. The number of pyridine rings is 1. The highest BCUT2D eigenvalue weighted by molar-refractivity contribution is 5.78. The molecule has 2 aromatic heterocycles. The molecule has 32 heavy (non-hydrogen) atoms. The van der Waals surface area contributed by atoms with Gasteiger partial charge in [0.15, 0.2) is 0 Å². The van der Waals surface area contributed by atoms with E-state index >= 15 is 0 Å². The Morgan fingerprint density at radius 1 is 1.12 bits per heavy atom. The summed E-state index contributed by atoms with van der Waals surface area (Å²) < 4.78 is 22.2. The maximum absolute atomic E-state index is 13.0. The lowest BCUT2D eigenvalue weighted by Gasteiger charge is -2.14. The Kier molecular flexibility index (Phi) is 5.54. The van der Waals surface area contributed by atoms with Crippen molar-refractivity contribution in [3.05, 3.63) is 88.4 Å². The number of halogens is 1. The molecule has 0 aliphatic heterocycles. The Hall–Kier alpha value is -3.92. The number of hydrogen-bond donors (Lipinski definition) is 0. The van der Waals surface area contributed by atoms with Gasteiger partial charge in [-0.25, -0.2) is 9.37 Å². The van der Waals surface area contributed by atoms with Crippen LogP contribution in [0.25, 0.3) is 16.7 Å². The molecule has 0 atom stereocenters. The Morgan fingerprint density at radius 2 is 1.88 bits per heavy atom. The molecule has 0 N–H and O–H groups in total. The summed E-state index contributed by atoms with van der Waals surface area (Å²) in [7, 11) is 1.91. The molecule has 7 heteroatoms. The third-order valence-corrected chi connectivity index (χ3v) is 5.35. The molecule has 0 spiro atoms. The highest BCUT2D eigenvalue weighted by Crippen LogP contribution is 2.24. The lowest BCUT2D eigenvalue weighted by atomic mass is 9.91. The number of imidazole rings is 1. The van der Waals surface area contributed by atoms with Crippen molar-refractivity contribution in [3.63, 3.8) is 0 Å². The van der Waals surface area contributed by atoms with Crippen LogP contribution in [0.5, 0.6) is 5.75 Å². The minimum Gasteiger partial charge on any atom is -0.489 e. The van der Waals surface area contributed by atoms with E-state index in [0.29, 0.717) is 17.9 Å². The van der Waals surface area contributed by atoms with Crippen molar-refractivity contribution in [1.82, 2.24) is 14.1 Å². The molecule has 0 saturated heterocycles. The molecule has 162 valence electrons. The van der Waals surface area contributed by atoms with E-state index < -0.39 is 5.41 Å². The number of aromatic nitrogens is 3. The zero-order valence-corrected chi connectivity index (χ0v) is 18.2. The Labute approximate surface area is 185 Å². The number of nitriles is 1. The standard InChI is InChI=1S/C25H23FN4O2/c1-25(2,16-27)14-23-28-21-9-8-19(12-22(21)29(23)3)30-11-10-20(13-24(30)31)32-15-17-4-6-18(26)7-5-17/h4-13H,14-15H2,1-3H3. The van der Waals surface area contributed by atoms with Crippen molar-refractivity contribution in [2.24, 2.45) is 12.5 Å². The first kappa shape index (κ1) is 21.3. The quantitative estimate of drug-likeness (QED) is 0.450. The molecule has 6 nitrogen and oxygen atoms in total. The number of ether oxygens (including phenoxy) is 1. The molecular formula is C25H23FN4O2. The van der Waals surface area contributed by atoms with E-state index in [1.165, 1.54) is 22.8 Å². The van der Waals surface area contributed by atoms with Crippen LogP contribution < -0.4 is 10.3 Å². The van der Waals surface area contributed by atoms with E-state index in [1.54, 1.807) is 24.4 Å². The van der Waals surface area contributed by atoms with E-state index in [9.17, 15) is 14.4 Å². The monoisotopic (exact) mass is 430 g/mol. The van der Waals surface area contributed by atoms with Crippen molar-refractivity contribution in [1.29, 1.82) is 5.26 Å². The highest BCUT2D eigenvalue weighted by atomic mass is 19.1. The lowest BCUT2D eigenvalue weighted by Crippen LogP contribution is -2.17. The van der Waals surface area contributed by atoms with E-state index in [4.69, 9.17) is 4.74 Å². The SMILES string of the molecule is Cn1c(CC(C)(C)C#N)nc2ccc(-n3ccc(OCc4ccc(F)cc4)cc3=O)cc21. The first-order chi connectivity index (χ1) is 15.3. The van der Waals surface area contributed by atoms with Gasteiger partial charge in [0.25, 0.3) is 5.56 Å². The van der Waals surface area contributed by atoms with Crippen LogP contribution in [0.4, 0.5) is 4.39 Å². The van der Waals surface area contributed by atoms with Crippen molar-refractivity contribution in [2.45, 2.75) is 26.9 Å². The fourth-order valence-corrected chi connectivity index (χ4v) is 3.48. The van der Waals surface area contributed by atoms with Gasteiger partial charge < -0.3 is 9.30 Å². The molecule has 0 unspecified atom stereocenters. The molecular weight excluding hydrogens is 407 g/mol. The molecule has 4 rings (SSSR count). The van der Waals surface area contributed by atoms with E-state index in [-0.39, 0.29) is 18.0 Å². The lowest BCUT2D eigenvalue weighted by molar-refractivity contribution is 0.305. The first-order valence-electron chi connectivity index (χ1n) is 10.2. The van der Waals surface area contributed by atoms with Gasteiger partial charge in [-0.15, -0.1) is 0 Å². The molecule has 2 heterocycles. The number of rotatable bonds is 6. The van der Waals surface area contributed by atoms with Crippen molar-refractivity contribution in [2.75, 3.05) is 0 Å². The fourth-order valence-electron chi connectivity index (χ4n) is 3.48. The van der Waals surface area contributed by atoms with Gasteiger partial charge in [0.05, 0.1) is 28.2 Å². The van der Waals surface area contributed by atoms with Crippen molar-refractivity contribution >= 4 is 11.0 Å². The van der Waals surface area contributed by atoms with Crippen LogP contribution in [-0.4, -0.2) is 14.1 Å². The summed E-state index contributed by atoms with van der Waals surface area (Å²) >= 11 is 0. The van der Waals surface area contributed by atoms with Gasteiger partial charge in [-0.05, 0) is 55.8 Å². The number of nitrogens with zero attached hydrogens (tertiary/aromatic N) is 4. The molecule has 0 bridgehead atoms. The minimum absolute atomic E-state index is 0.228. The maximum Gasteiger partial charge on any atom is 0.258 e. The van der Waals surface area contributed by atoms with Gasteiger partial charge in [-0.3, -0.25) is 9.36 Å². The van der Waals surface area contributed by atoms with Gasteiger partial charge in [-0.2, -0.15) is 5.26 Å². The van der Waals surface area contributed by atoms with Crippen molar-refractivity contribution in [3.8, 4) is 17.5 Å². The molecule has 0 amide bonds. The third-order valence-electron chi connectivity index (χ3n) is 5.35. The van der Waals surface area contributed by atoms with E-state index in [1.807, 2.05) is 43.7 Å². The highest BCUT2D eigenvalue weighted by Gasteiger charge is 2.21. The Balaban J connectivity index is 1.58. The minimum atomic E-state index is -0.515. The normalized spacial score (nSPS) is 11.5. The van der Waals surface area contributed by atoms with Gasteiger partial charge in [0, 0.05) is 25.7 Å². The molecule has 0 saturated carbocycles. The average molecular weight is 430 g/mol. The van der Waals surface area contributed by atoms with Crippen molar-refractivity contribution < 1.29 is 9.13 Å². The van der Waals surface area contributed by atoms with Gasteiger partial charge in [-0.1, -0.05) is 12.1 Å². The topological polar surface area (TPSA) is 72.8 Å². The summed E-state index contributed by atoms with van der Waals surface area (Å²) in [6.07, 6.45) is 2.20. The molecule has 0 aliphatic carbocycles. The maximum atomic E-state index is 13.0. The van der Waals surface area contributed by atoms with Crippen LogP contribution in [0.2, 0.25) is 0 Å². The predicted octanol–water partition coefficient (Wildman–Crippen LogP) is 4.53. The van der Waals surface area contributed by atoms with Gasteiger partial charge >= 0.3 is 0 Å². The van der Waals surface area contributed by atoms with Crippen LogP contribution in [0.1, 0.15) is 25.2 Å². The van der Waals surface area contributed by atoms with Gasteiger partial charge in [0.2, 0.25) is 0 Å². The summed E-state index contributed by atoms with van der Waals surface area (Å²) in [5.41, 5.74) is 2.48. The molecule has 0 radical (unpaired) electrons. The van der Waals surface area contributed by atoms with Crippen LogP contribution in [0, 0.1) is 22.6 Å². The second kappa shape index (κ2) is 8.31. The zero-order valence-electron chi connectivity index (χ0n) is 18.2. The van der Waals surface area contributed by atoms with E-state index in [2.05, 4.69) is 11.1 Å². The third kappa shape index (κ3) is 4.40. The molecule has 2 aromatic carbocycles. The van der Waals surface area contributed by atoms with Gasteiger partial charge in [0.1, 0.15) is 24.0 Å². The Bertz CT molecular complexity index is 1380. The fraction of sp³-hybridized carbons (Fsp3) is 0.240. The summed E-state index contributed by atoms with van der Waals surface area (Å²) in [5.74, 6) is 0.960. The van der Waals surface area contributed by atoms with Crippen LogP contribution >= 0.6 is 0 Å². The average Bonchev–Trinajstić information content (AvgIpc) is 3.07. The molecule has 0 fully saturated rings. The second-order valence-electron chi connectivity index (χ2n) is 8.42. The first-order valence-corrected chi connectivity index (χ1v) is 10.2. The van der Waals surface area contributed by atoms with Crippen LogP contribution in [0.3, 0.4) is 0 Å². The predicted molar refractivity (Wildman–Crippen MR) is 120 cm³/mol.